The van der Waals surface area contributed by atoms with E-state index in [-0.39, 0.29) is 5.57 Å². The number of carbonyl (C=O) groups is 3. The fraction of sp³-hybridized carbons (Fsp3) is 0.500. The summed E-state index contributed by atoms with van der Waals surface area (Å²) in [6.07, 6.45) is 4.84. The Morgan fingerprint density at radius 2 is 1.50 bits per heavy atom. The molecule has 0 radical (unpaired) electrons. The molecular weight excluding hydrogens is 210 g/mol. The second kappa shape index (κ2) is 4.34. The fourth-order valence-electron chi connectivity index (χ4n) is 1.82. The first-order chi connectivity index (χ1) is 7.66. The monoisotopic (exact) mass is 223 g/mol. The van der Waals surface area contributed by atoms with Crippen LogP contribution in [0, 0.1) is 0 Å². The van der Waals surface area contributed by atoms with Crippen LogP contribution in [0.5, 0.6) is 0 Å². The number of hydrogen-bond donors (Lipinski definition) is 2. The molecule has 0 spiro atoms. The highest BCUT2D eigenvalue weighted by atomic mass is 16.2. The third kappa shape index (κ3) is 2.21. The highest BCUT2D eigenvalue weighted by Crippen LogP contribution is 2.11. The number of imide groups is 2. The first-order valence-corrected chi connectivity index (χ1v) is 5.29. The van der Waals surface area contributed by atoms with E-state index in [4.69, 9.17) is 0 Å². The number of piperidine rings is 1. The molecule has 0 saturated carbocycles. The Kier molecular flexibility index (Phi) is 2.89. The van der Waals surface area contributed by atoms with Crippen LogP contribution in [0.25, 0.3) is 0 Å². The second-order valence-electron chi connectivity index (χ2n) is 3.88. The van der Waals surface area contributed by atoms with Crippen LogP contribution in [0.4, 0.5) is 4.79 Å². The molecule has 0 aliphatic carbocycles. The van der Waals surface area contributed by atoms with Gasteiger partial charge in [-0.25, -0.2) is 4.79 Å². The average Bonchev–Trinajstić information content (AvgIpc) is 2.25. The minimum atomic E-state index is -0.759. The summed E-state index contributed by atoms with van der Waals surface area (Å²) in [7, 11) is 0. The minimum absolute atomic E-state index is 0.00139. The van der Waals surface area contributed by atoms with E-state index in [1.54, 1.807) is 0 Å². The van der Waals surface area contributed by atoms with Crippen LogP contribution in [0.15, 0.2) is 11.8 Å². The maximum absolute atomic E-state index is 11.4. The van der Waals surface area contributed by atoms with Crippen LogP contribution < -0.4 is 10.6 Å². The molecule has 0 aromatic carbocycles. The van der Waals surface area contributed by atoms with Crippen molar-refractivity contribution in [2.75, 3.05) is 13.1 Å². The Bertz CT molecular complexity index is 348. The summed E-state index contributed by atoms with van der Waals surface area (Å²) in [5, 5.41) is 4.09. The van der Waals surface area contributed by atoms with Crippen LogP contribution in [0.3, 0.4) is 0 Å². The molecule has 0 aromatic rings. The summed E-state index contributed by atoms with van der Waals surface area (Å²) in [4.78, 5) is 35.6. The predicted octanol–water partition coefficient (Wildman–Crippen LogP) is -0.278. The molecule has 2 N–H and O–H groups in total. The van der Waals surface area contributed by atoms with Gasteiger partial charge in [0, 0.05) is 19.3 Å². The van der Waals surface area contributed by atoms with Crippen molar-refractivity contribution in [3.8, 4) is 0 Å². The van der Waals surface area contributed by atoms with Gasteiger partial charge in [-0.2, -0.15) is 0 Å². The zero-order valence-corrected chi connectivity index (χ0v) is 8.78. The van der Waals surface area contributed by atoms with Crippen LogP contribution >= 0.6 is 0 Å². The standard InChI is InChI=1S/C10H13N3O3/c14-8-7(9(15)12-10(16)11-8)6-13-4-2-1-3-5-13/h6H,1-5H2,(H2,11,12,14,15,16). The van der Waals surface area contributed by atoms with Crippen LogP contribution in [0.1, 0.15) is 19.3 Å². The smallest absolute Gasteiger partial charge is 0.328 e. The summed E-state index contributed by atoms with van der Waals surface area (Å²) in [6, 6.07) is -0.759. The zero-order valence-electron chi connectivity index (χ0n) is 8.78. The normalized spacial score (nSPS) is 21.6. The molecule has 2 fully saturated rings. The van der Waals surface area contributed by atoms with Crippen LogP contribution in [-0.2, 0) is 9.59 Å². The number of nitrogens with zero attached hydrogens (tertiary/aromatic N) is 1. The van der Waals surface area contributed by atoms with Crippen molar-refractivity contribution in [1.29, 1.82) is 0 Å². The topological polar surface area (TPSA) is 78.5 Å². The Hall–Kier alpha value is -1.85. The molecule has 2 aliphatic heterocycles. The van der Waals surface area contributed by atoms with E-state index < -0.39 is 17.8 Å². The summed E-state index contributed by atoms with van der Waals surface area (Å²) in [6.45, 7) is 1.69. The summed E-state index contributed by atoms with van der Waals surface area (Å²) < 4.78 is 0. The number of barbiturate groups is 1. The van der Waals surface area contributed by atoms with E-state index in [9.17, 15) is 14.4 Å². The molecule has 0 atom stereocenters. The number of nitrogens with one attached hydrogen (secondary N) is 2. The van der Waals surface area contributed by atoms with E-state index in [0.717, 1.165) is 25.9 Å². The Morgan fingerprint density at radius 1 is 0.938 bits per heavy atom. The van der Waals surface area contributed by atoms with Crippen molar-refractivity contribution in [2.24, 2.45) is 0 Å². The lowest BCUT2D eigenvalue weighted by Gasteiger charge is -2.26. The first-order valence-electron chi connectivity index (χ1n) is 5.29. The average molecular weight is 223 g/mol. The van der Waals surface area contributed by atoms with E-state index in [1.807, 2.05) is 15.5 Å². The molecule has 6 heteroatoms. The van der Waals surface area contributed by atoms with Gasteiger partial charge in [0.25, 0.3) is 11.8 Å². The molecule has 0 unspecified atom stereocenters. The number of amides is 4. The van der Waals surface area contributed by atoms with Gasteiger partial charge in [-0.15, -0.1) is 0 Å². The fourth-order valence-corrected chi connectivity index (χ4v) is 1.82. The third-order valence-corrected chi connectivity index (χ3v) is 2.65. The third-order valence-electron chi connectivity index (χ3n) is 2.65. The van der Waals surface area contributed by atoms with E-state index in [2.05, 4.69) is 0 Å². The van der Waals surface area contributed by atoms with Crippen molar-refractivity contribution >= 4 is 17.8 Å². The Morgan fingerprint density at radius 3 is 2.06 bits per heavy atom. The number of rotatable bonds is 1. The number of hydrogen-bond acceptors (Lipinski definition) is 4. The van der Waals surface area contributed by atoms with E-state index in [1.165, 1.54) is 12.6 Å². The van der Waals surface area contributed by atoms with Crippen molar-refractivity contribution in [3.05, 3.63) is 11.8 Å². The lowest BCUT2D eigenvalue weighted by molar-refractivity contribution is -0.124. The van der Waals surface area contributed by atoms with Gasteiger partial charge in [0.15, 0.2) is 0 Å². The number of likely N-dealkylation sites (tertiary alicyclic amines) is 1. The maximum Gasteiger partial charge on any atom is 0.328 e. The van der Waals surface area contributed by atoms with Gasteiger partial charge in [0.1, 0.15) is 5.57 Å². The highest BCUT2D eigenvalue weighted by molar-refractivity contribution is 6.28. The van der Waals surface area contributed by atoms with Gasteiger partial charge in [0.2, 0.25) is 0 Å². The molecular formula is C10H13N3O3. The molecule has 0 aromatic heterocycles. The molecule has 0 bridgehead atoms. The van der Waals surface area contributed by atoms with Gasteiger partial charge in [0.05, 0.1) is 0 Å². The Labute approximate surface area is 92.7 Å². The lowest BCUT2D eigenvalue weighted by Crippen LogP contribution is -2.52. The van der Waals surface area contributed by atoms with Gasteiger partial charge < -0.3 is 4.90 Å². The minimum Gasteiger partial charge on any atom is -0.377 e. The maximum atomic E-state index is 11.4. The summed E-state index contributed by atoms with van der Waals surface area (Å²) >= 11 is 0. The van der Waals surface area contributed by atoms with Crippen molar-refractivity contribution in [2.45, 2.75) is 19.3 Å². The van der Waals surface area contributed by atoms with E-state index in [0.29, 0.717) is 0 Å². The summed E-state index contributed by atoms with van der Waals surface area (Å²) in [5.41, 5.74) is 0.00139. The van der Waals surface area contributed by atoms with Crippen molar-refractivity contribution in [1.82, 2.24) is 15.5 Å². The molecule has 2 rings (SSSR count). The first kappa shape index (κ1) is 10.7. The highest BCUT2D eigenvalue weighted by Gasteiger charge is 2.28. The number of urea groups is 1. The van der Waals surface area contributed by atoms with Crippen molar-refractivity contribution in [3.63, 3.8) is 0 Å². The quantitative estimate of drug-likeness (QED) is 0.473. The van der Waals surface area contributed by atoms with Gasteiger partial charge in [-0.05, 0) is 19.3 Å². The molecule has 16 heavy (non-hydrogen) atoms. The zero-order chi connectivity index (χ0) is 11.5. The van der Waals surface area contributed by atoms with Gasteiger partial charge in [-0.1, -0.05) is 0 Å². The van der Waals surface area contributed by atoms with Crippen LogP contribution in [-0.4, -0.2) is 35.8 Å². The molecule has 2 saturated heterocycles. The predicted molar refractivity (Wildman–Crippen MR) is 55.2 cm³/mol. The lowest BCUT2D eigenvalue weighted by atomic mass is 10.1. The van der Waals surface area contributed by atoms with Gasteiger partial charge >= 0.3 is 6.03 Å². The van der Waals surface area contributed by atoms with Crippen molar-refractivity contribution < 1.29 is 14.4 Å². The molecule has 4 amide bonds. The molecule has 86 valence electrons. The second-order valence-corrected chi connectivity index (χ2v) is 3.88. The molecule has 6 nitrogen and oxygen atoms in total. The molecule has 2 aliphatic rings. The number of carbonyl (C=O) groups excluding carboxylic acids is 3. The molecule has 2 heterocycles. The van der Waals surface area contributed by atoms with E-state index >= 15 is 0 Å². The largest absolute Gasteiger partial charge is 0.377 e. The van der Waals surface area contributed by atoms with Gasteiger partial charge in [-0.3, -0.25) is 20.2 Å². The summed E-state index contributed by atoms with van der Waals surface area (Å²) in [5.74, 6) is -1.25. The SMILES string of the molecule is O=C1NC(=O)C(=CN2CCCCC2)C(=O)N1. The Balaban J connectivity index is 2.11. The van der Waals surface area contributed by atoms with Crippen LogP contribution in [0.2, 0.25) is 0 Å².